The second-order valence-corrected chi connectivity index (χ2v) is 4.84. The largest absolute Gasteiger partial charge is 0.409 e. The van der Waals surface area contributed by atoms with E-state index in [0.717, 1.165) is 23.9 Å². The maximum atomic E-state index is 13.6. The number of oxime groups is 1. The molecule has 7 heteroatoms. The van der Waals surface area contributed by atoms with Gasteiger partial charge in [0.15, 0.2) is 5.84 Å². The zero-order valence-corrected chi connectivity index (χ0v) is 9.51. The first-order valence-corrected chi connectivity index (χ1v) is 5.71. The van der Waals surface area contributed by atoms with Gasteiger partial charge >= 0.3 is 0 Å². The highest BCUT2D eigenvalue weighted by Gasteiger charge is 2.24. The highest BCUT2D eigenvalue weighted by Crippen LogP contribution is 2.32. The fourth-order valence-electron chi connectivity index (χ4n) is 1.33. The summed E-state index contributed by atoms with van der Waals surface area (Å²) in [6.45, 7) is 0.983. The fraction of sp³-hybridized carbons (Fsp3) is 0.300. The number of ether oxygens (including phenoxy) is 1. The average Bonchev–Trinajstić information content (AvgIpc) is 2.24. The van der Waals surface area contributed by atoms with Crippen molar-refractivity contribution < 1.29 is 18.7 Å². The van der Waals surface area contributed by atoms with Crippen molar-refractivity contribution in [2.24, 2.45) is 10.9 Å². The first kappa shape index (κ1) is 12.1. The van der Waals surface area contributed by atoms with Crippen molar-refractivity contribution in [2.45, 2.75) is 10.1 Å². The van der Waals surface area contributed by atoms with Crippen LogP contribution < -0.4 is 5.73 Å². The first-order chi connectivity index (χ1) is 8.11. The lowest BCUT2D eigenvalue weighted by atomic mass is 10.2. The van der Waals surface area contributed by atoms with E-state index in [4.69, 9.17) is 15.7 Å². The number of nitrogens with two attached hydrogens (primary N) is 1. The first-order valence-electron chi connectivity index (χ1n) is 4.83. The Labute approximate surface area is 100 Å². The third-order valence-corrected chi connectivity index (χ3v) is 3.52. The van der Waals surface area contributed by atoms with Crippen molar-refractivity contribution >= 4 is 17.6 Å². The minimum atomic E-state index is -0.719. The van der Waals surface area contributed by atoms with Gasteiger partial charge in [-0.15, -0.1) is 11.8 Å². The summed E-state index contributed by atoms with van der Waals surface area (Å²) in [7, 11) is 0. The van der Waals surface area contributed by atoms with Gasteiger partial charge in [0.1, 0.15) is 11.6 Å². The summed E-state index contributed by atoms with van der Waals surface area (Å²) in [5, 5.41) is 11.2. The second-order valence-electron chi connectivity index (χ2n) is 3.53. The highest BCUT2D eigenvalue weighted by atomic mass is 32.2. The third kappa shape index (κ3) is 2.50. The molecule has 0 radical (unpaired) electrons. The fourth-order valence-corrected chi connectivity index (χ4v) is 2.33. The van der Waals surface area contributed by atoms with Crippen LogP contribution in [0, 0.1) is 11.6 Å². The van der Waals surface area contributed by atoms with Crippen molar-refractivity contribution in [1.82, 2.24) is 0 Å². The Kier molecular flexibility index (Phi) is 3.49. The number of thioether (sulfide) groups is 1. The molecule has 0 spiro atoms. The monoisotopic (exact) mass is 260 g/mol. The SMILES string of the molecule is N/C(=N/O)c1cc(F)c(SC2COC2)c(F)c1. The Bertz CT molecular complexity index is 441. The van der Waals surface area contributed by atoms with E-state index in [1.54, 1.807) is 0 Å². The van der Waals surface area contributed by atoms with E-state index in [1.807, 2.05) is 0 Å². The molecule has 1 aliphatic heterocycles. The van der Waals surface area contributed by atoms with E-state index < -0.39 is 11.6 Å². The summed E-state index contributed by atoms with van der Waals surface area (Å²) in [5.41, 5.74) is 5.27. The van der Waals surface area contributed by atoms with Crippen LogP contribution in [0.15, 0.2) is 22.2 Å². The van der Waals surface area contributed by atoms with E-state index in [-0.39, 0.29) is 21.5 Å². The molecule has 1 aliphatic rings. The molecule has 0 aliphatic carbocycles. The van der Waals surface area contributed by atoms with E-state index in [1.165, 1.54) is 0 Å². The number of nitrogens with zero attached hydrogens (tertiary/aromatic N) is 1. The molecule has 1 aromatic rings. The second kappa shape index (κ2) is 4.89. The molecule has 0 bridgehead atoms. The van der Waals surface area contributed by atoms with Crippen LogP contribution in [-0.2, 0) is 4.74 Å². The molecule has 17 heavy (non-hydrogen) atoms. The number of amidine groups is 1. The van der Waals surface area contributed by atoms with Crippen LogP contribution in [0.3, 0.4) is 0 Å². The van der Waals surface area contributed by atoms with Gasteiger partial charge in [0.2, 0.25) is 0 Å². The van der Waals surface area contributed by atoms with Crippen LogP contribution in [0.1, 0.15) is 5.56 Å². The van der Waals surface area contributed by atoms with Gasteiger partial charge in [0, 0.05) is 5.56 Å². The van der Waals surface area contributed by atoms with Crippen LogP contribution >= 0.6 is 11.8 Å². The van der Waals surface area contributed by atoms with Crippen molar-refractivity contribution in [1.29, 1.82) is 0 Å². The molecule has 1 heterocycles. The molecular formula is C10H10F2N2O2S. The van der Waals surface area contributed by atoms with Gasteiger partial charge < -0.3 is 15.7 Å². The normalized spacial score (nSPS) is 16.9. The van der Waals surface area contributed by atoms with Crippen molar-refractivity contribution in [3.63, 3.8) is 0 Å². The number of rotatable bonds is 3. The summed E-state index contributed by atoms with van der Waals surface area (Å²) in [5.74, 6) is -1.77. The van der Waals surface area contributed by atoms with Crippen LogP contribution in [-0.4, -0.2) is 29.5 Å². The Morgan fingerprint density at radius 1 is 1.41 bits per heavy atom. The molecule has 0 aromatic heterocycles. The minimum Gasteiger partial charge on any atom is -0.409 e. The van der Waals surface area contributed by atoms with Gasteiger partial charge in [0.25, 0.3) is 0 Å². The minimum absolute atomic E-state index is 0.0108. The zero-order valence-electron chi connectivity index (χ0n) is 8.69. The molecule has 0 unspecified atom stereocenters. The highest BCUT2D eigenvalue weighted by molar-refractivity contribution is 8.00. The molecular weight excluding hydrogens is 250 g/mol. The molecule has 1 aromatic carbocycles. The lowest BCUT2D eigenvalue weighted by Crippen LogP contribution is -2.30. The average molecular weight is 260 g/mol. The summed E-state index contributed by atoms with van der Waals surface area (Å²) in [4.78, 5) is -0.0622. The van der Waals surface area contributed by atoms with E-state index in [0.29, 0.717) is 13.2 Å². The Balaban J connectivity index is 2.28. The predicted molar refractivity (Wildman–Crippen MR) is 59.3 cm³/mol. The Morgan fingerprint density at radius 3 is 2.41 bits per heavy atom. The zero-order chi connectivity index (χ0) is 12.4. The maximum absolute atomic E-state index is 13.6. The predicted octanol–water partition coefficient (Wildman–Crippen LogP) is 1.55. The standard InChI is InChI=1S/C10H10F2N2O2S/c11-7-1-5(10(13)14-15)2-8(12)9(7)17-6-3-16-4-6/h1-2,6,15H,3-4H2,(H2,13,14). The number of benzene rings is 1. The molecule has 2 rings (SSSR count). The number of halogens is 2. The van der Waals surface area contributed by atoms with Crippen LogP contribution in [0.5, 0.6) is 0 Å². The van der Waals surface area contributed by atoms with Crippen molar-refractivity contribution in [3.05, 3.63) is 29.3 Å². The van der Waals surface area contributed by atoms with E-state index in [9.17, 15) is 8.78 Å². The van der Waals surface area contributed by atoms with Gasteiger partial charge in [0.05, 0.1) is 23.4 Å². The maximum Gasteiger partial charge on any atom is 0.170 e. The summed E-state index contributed by atoms with van der Waals surface area (Å²) < 4.78 is 32.2. The van der Waals surface area contributed by atoms with Gasteiger partial charge in [-0.2, -0.15) is 0 Å². The molecule has 1 fully saturated rings. The Hall–Kier alpha value is -1.34. The third-order valence-electron chi connectivity index (χ3n) is 2.29. The smallest absolute Gasteiger partial charge is 0.170 e. The quantitative estimate of drug-likeness (QED) is 0.374. The van der Waals surface area contributed by atoms with Gasteiger partial charge in [-0.1, -0.05) is 5.16 Å². The van der Waals surface area contributed by atoms with E-state index in [2.05, 4.69) is 5.16 Å². The van der Waals surface area contributed by atoms with Crippen LogP contribution in [0.25, 0.3) is 0 Å². The molecule has 1 saturated heterocycles. The number of hydrogen-bond donors (Lipinski definition) is 2. The van der Waals surface area contributed by atoms with Gasteiger partial charge in [-0.05, 0) is 12.1 Å². The van der Waals surface area contributed by atoms with Gasteiger partial charge in [-0.25, -0.2) is 8.78 Å². The summed E-state index contributed by atoms with van der Waals surface area (Å²) in [6, 6.07) is 2.08. The van der Waals surface area contributed by atoms with Crippen LogP contribution in [0.2, 0.25) is 0 Å². The molecule has 0 saturated carbocycles. The van der Waals surface area contributed by atoms with Gasteiger partial charge in [-0.3, -0.25) is 0 Å². The molecule has 0 atom stereocenters. The summed E-state index contributed by atoms with van der Waals surface area (Å²) >= 11 is 1.09. The number of hydrogen-bond acceptors (Lipinski definition) is 4. The van der Waals surface area contributed by atoms with Crippen LogP contribution in [0.4, 0.5) is 8.78 Å². The Morgan fingerprint density at radius 2 is 2.00 bits per heavy atom. The van der Waals surface area contributed by atoms with E-state index >= 15 is 0 Å². The molecule has 0 amide bonds. The molecule has 4 nitrogen and oxygen atoms in total. The lowest BCUT2D eigenvalue weighted by molar-refractivity contribution is 0.0454. The lowest BCUT2D eigenvalue weighted by Gasteiger charge is -2.25. The summed E-state index contributed by atoms with van der Waals surface area (Å²) in [6.07, 6.45) is 0. The van der Waals surface area contributed by atoms with Crippen molar-refractivity contribution in [2.75, 3.05) is 13.2 Å². The van der Waals surface area contributed by atoms with Crippen molar-refractivity contribution in [3.8, 4) is 0 Å². The molecule has 3 N–H and O–H groups in total. The topological polar surface area (TPSA) is 67.8 Å². The molecule has 92 valence electrons.